The van der Waals surface area contributed by atoms with Gasteiger partial charge in [0.05, 0.1) is 6.42 Å². The first-order valence-electron chi connectivity index (χ1n) is 7.14. The molecular weight excluding hydrogens is 360 g/mol. The summed E-state index contributed by atoms with van der Waals surface area (Å²) in [7, 11) is 0. The van der Waals surface area contributed by atoms with Gasteiger partial charge in [-0.1, -0.05) is 0 Å². The number of nitriles is 1. The number of rotatable bonds is 3. The fourth-order valence-electron chi connectivity index (χ4n) is 3.06. The summed E-state index contributed by atoms with van der Waals surface area (Å²) in [5, 5.41) is 10.4. The number of fused-ring (bicyclic) bond motifs is 1. The predicted molar refractivity (Wildman–Crippen MR) is 79.8 cm³/mol. The maximum Gasteiger partial charge on any atom is 0.238 e. The van der Waals surface area contributed by atoms with Gasteiger partial charge < -0.3 is 9.55 Å². The van der Waals surface area contributed by atoms with Crippen molar-refractivity contribution in [1.82, 2.24) is 14.9 Å². The molecule has 0 fully saturated rings. The van der Waals surface area contributed by atoms with Gasteiger partial charge in [-0.05, 0) is 18.6 Å². The topological polar surface area (TPSA) is 73.6 Å². The van der Waals surface area contributed by atoms with E-state index in [-0.39, 0.29) is 30.2 Å². The molecule has 0 bridgehead atoms. The molecule has 3 rings (SSSR count). The number of nitrogens with one attached hydrogen (secondary N) is 2. The van der Waals surface area contributed by atoms with Crippen molar-refractivity contribution < 1.29 is 22.4 Å². The number of imidazole rings is 1. The van der Waals surface area contributed by atoms with E-state index in [0.29, 0.717) is 11.4 Å². The monoisotopic (exact) mass is 370 g/mol. The van der Waals surface area contributed by atoms with Gasteiger partial charge in [0.15, 0.2) is 34.2 Å². The number of benzene rings is 1. The molecule has 0 saturated carbocycles. The Labute approximate surface area is 143 Å². The third-order valence-corrected chi connectivity index (χ3v) is 4.43. The van der Waals surface area contributed by atoms with Gasteiger partial charge in [0.1, 0.15) is 0 Å². The second kappa shape index (κ2) is 6.33. The number of nitrogens with zero attached hydrogens (tertiary/aromatic N) is 2. The van der Waals surface area contributed by atoms with Crippen LogP contribution in [0.4, 0.5) is 17.6 Å². The molecule has 0 saturated heterocycles. The molecule has 1 atom stereocenters. The Bertz CT molecular complexity index is 949. The molecule has 1 aliphatic heterocycles. The third kappa shape index (κ3) is 2.91. The molecule has 130 valence electrons. The van der Waals surface area contributed by atoms with Crippen LogP contribution in [0.15, 0.2) is 6.07 Å². The van der Waals surface area contributed by atoms with Crippen molar-refractivity contribution in [3.63, 3.8) is 0 Å². The number of aromatic amines is 1. The molecule has 0 radical (unpaired) electrons. The van der Waals surface area contributed by atoms with Crippen LogP contribution in [-0.2, 0) is 24.2 Å². The number of amides is 1. The summed E-state index contributed by atoms with van der Waals surface area (Å²) in [5.41, 5.74) is 0.215. The van der Waals surface area contributed by atoms with Crippen LogP contribution in [0.25, 0.3) is 0 Å². The molecule has 2 N–H and O–H groups in total. The molecular formula is C15H10F4N4OS. The highest BCUT2D eigenvalue weighted by molar-refractivity contribution is 7.71. The van der Waals surface area contributed by atoms with Gasteiger partial charge in [-0.25, -0.2) is 17.6 Å². The minimum atomic E-state index is -1.47. The number of hydrogen-bond donors (Lipinski definition) is 2. The number of H-pyrrole nitrogens is 1. The average molecular weight is 370 g/mol. The van der Waals surface area contributed by atoms with Crippen molar-refractivity contribution in [2.24, 2.45) is 0 Å². The molecule has 10 heteroatoms. The molecule has 5 nitrogen and oxygen atoms in total. The minimum absolute atomic E-state index is 0.0151. The summed E-state index contributed by atoms with van der Waals surface area (Å²) in [4.78, 5) is 14.4. The van der Waals surface area contributed by atoms with Crippen molar-refractivity contribution in [2.45, 2.75) is 25.3 Å². The van der Waals surface area contributed by atoms with E-state index in [0.717, 1.165) is 0 Å². The highest BCUT2D eigenvalue weighted by atomic mass is 32.1. The number of aromatic nitrogens is 2. The standard InChI is InChI=1S/C15H10F4N4OS/c16-7-2-8(17)14(19)12(13(7)18)6-1-10-9(3-11(24)21-5-20)22-15(25)23(10)4-6/h2,6H,1,3-4H2,(H,21,24)(H,22,25). The Hall–Kier alpha value is -2.67. The third-order valence-electron chi connectivity index (χ3n) is 4.11. The molecule has 25 heavy (non-hydrogen) atoms. The van der Waals surface area contributed by atoms with Gasteiger partial charge in [-0.3, -0.25) is 10.1 Å². The van der Waals surface area contributed by atoms with Gasteiger partial charge in [0.25, 0.3) is 0 Å². The lowest BCUT2D eigenvalue weighted by Gasteiger charge is -2.13. The van der Waals surface area contributed by atoms with Crippen molar-refractivity contribution in [1.29, 1.82) is 5.26 Å². The Morgan fingerprint density at radius 3 is 2.60 bits per heavy atom. The SMILES string of the molecule is N#CNC(=O)Cc1[nH]c(=S)n2c1CC(c1c(F)c(F)cc(F)c1F)C2. The summed E-state index contributed by atoms with van der Waals surface area (Å²) in [6.45, 7) is 0.0151. The van der Waals surface area contributed by atoms with Crippen molar-refractivity contribution in [2.75, 3.05) is 0 Å². The summed E-state index contributed by atoms with van der Waals surface area (Å²) >= 11 is 5.11. The van der Waals surface area contributed by atoms with E-state index in [1.165, 1.54) is 10.8 Å². The Morgan fingerprint density at radius 2 is 2.00 bits per heavy atom. The van der Waals surface area contributed by atoms with E-state index in [4.69, 9.17) is 17.5 Å². The minimum Gasteiger partial charge on any atom is -0.334 e. The van der Waals surface area contributed by atoms with E-state index >= 15 is 0 Å². The van der Waals surface area contributed by atoms with Crippen molar-refractivity contribution >= 4 is 18.1 Å². The largest absolute Gasteiger partial charge is 0.334 e. The quantitative estimate of drug-likeness (QED) is 0.287. The molecule has 1 aliphatic rings. The zero-order chi connectivity index (χ0) is 18.3. The summed E-state index contributed by atoms with van der Waals surface area (Å²) < 4.78 is 56.7. The van der Waals surface area contributed by atoms with Crippen LogP contribution in [0, 0.1) is 39.5 Å². The Balaban J connectivity index is 1.97. The lowest BCUT2D eigenvalue weighted by molar-refractivity contribution is -0.119. The van der Waals surface area contributed by atoms with Gasteiger partial charge >= 0.3 is 0 Å². The second-order valence-corrected chi connectivity index (χ2v) is 5.97. The first-order valence-corrected chi connectivity index (χ1v) is 7.55. The zero-order valence-corrected chi connectivity index (χ0v) is 13.3. The molecule has 2 heterocycles. The van der Waals surface area contributed by atoms with Crippen LogP contribution < -0.4 is 5.32 Å². The van der Waals surface area contributed by atoms with E-state index in [1.807, 2.05) is 5.32 Å². The summed E-state index contributed by atoms with van der Waals surface area (Å²) in [6, 6.07) is 0.160. The van der Waals surface area contributed by atoms with Gasteiger partial charge in [0, 0.05) is 35.5 Å². The van der Waals surface area contributed by atoms with E-state index in [2.05, 4.69) is 4.98 Å². The number of hydrogen-bond acceptors (Lipinski definition) is 3. The average Bonchev–Trinajstić information content (AvgIpc) is 3.08. The van der Waals surface area contributed by atoms with E-state index in [1.54, 1.807) is 0 Å². The highest BCUT2D eigenvalue weighted by Gasteiger charge is 2.33. The molecule has 2 aromatic rings. The summed E-state index contributed by atoms with van der Waals surface area (Å²) in [6.07, 6.45) is 1.35. The molecule has 0 spiro atoms. The molecule has 1 amide bonds. The molecule has 1 aromatic heterocycles. The smallest absolute Gasteiger partial charge is 0.238 e. The van der Waals surface area contributed by atoms with Crippen LogP contribution >= 0.6 is 12.2 Å². The molecule has 1 aromatic carbocycles. The maximum absolute atomic E-state index is 14.0. The van der Waals surface area contributed by atoms with Crippen LogP contribution in [0.5, 0.6) is 0 Å². The fourth-order valence-corrected chi connectivity index (χ4v) is 3.36. The lowest BCUT2D eigenvalue weighted by atomic mass is 9.94. The van der Waals surface area contributed by atoms with Crippen LogP contribution in [0.2, 0.25) is 0 Å². The number of halogens is 4. The number of carbonyl (C=O) groups excluding carboxylic acids is 1. The van der Waals surface area contributed by atoms with Crippen LogP contribution in [0.1, 0.15) is 22.9 Å². The normalized spacial score (nSPS) is 15.7. The first-order chi connectivity index (χ1) is 11.8. The fraction of sp³-hybridized carbons (Fsp3) is 0.267. The van der Waals surface area contributed by atoms with Gasteiger partial charge in [-0.15, -0.1) is 0 Å². The maximum atomic E-state index is 14.0. The zero-order valence-electron chi connectivity index (χ0n) is 12.5. The van der Waals surface area contributed by atoms with Crippen LogP contribution in [0.3, 0.4) is 0 Å². The molecule has 1 unspecified atom stereocenters. The lowest BCUT2D eigenvalue weighted by Crippen LogP contribution is -2.20. The number of carbonyl (C=O) groups is 1. The van der Waals surface area contributed by atoms with E-state index < -0.39 is 40.7 Å². The van der Waals surface area contributed by atoms with Crippen LogP contribution in [-0.4, -0.2) is 15.5 Å². The van der Waals surface area contributed by atoms with Gasteiger partial charge in [0.2, 0.25) is 5.91 Å². The Kier molecular flexibility index (Phi) is 4.34. The Morgan fingerprint density at radius 1 is 1.36 bits per heavy atom. The van der Waals surface area contributed by atoms with Gasteiger partial charge in [-0.2, -0.15) is 5.26 Å². The predicted octanol–water partition coefficient (Wildman–Crippen LogP) is 2.58. The first kappa shape index (κ1) is 17.2. The highest BCUT2D eigenvalue weighted by Crippen LogP contribution is 2.36. The van der Waals surface area contributed by atoms with Crippen molar-refractivity contribution in [3.05, 3.63) is 51.1 Å². The van der Waals surface area contributed by atoms with Crippen molar-refractivity contribution in [3.8, 4) is 6.19 Å². The summed E-state index contributed by atoms with van der Waals surface area (Å²) in [5.74, 6) is -7.26. The van der Waals surface area contributed by atoms with E-state index in [9.17, 15) is 22.4 Å². The second-order valence-electron chi connectivity index (χ2n) is 5.59. The molecule has 0 aliphatic carbocycles.